The van der Waals surface area contributed by atoms with Gasteiger partial charge < -0.3 is 0 Å². The smallest absolute Gasteiger partial charge is 0.134 e. The van der Waals surface area contributed by atoms with E-state index in [1.165, 1.54) is 6.07 Å². The number of hydrogen-bond acceptors (Lipinski definition) is 0. The van der Waals surface area contributed by atoms with Crippen molar-refractivity contribution >= 4 is 23.2 Å². The molecule has 0 heterocycles. The zero-order chi connectivity index (χ0) is 14.2. The average Bonchev–Trinajstić information content (AvgIpc) is 2.25. The number of rotatable bonds is 2. The minimum Gasteiger partial charge on any atom is -0.207 e. The van der Waals surface area contributed by atoms with E-state index in [1.54, 1.807) is 19.1 Å². The summed E-state index contributed by atoms with van der Waals surface area (Å²) in [6, 6.07) is 6.10. The van der Waals surface area contributed by atoms with Gasteiger partial charge in [0.05, 0.1) is 5.38 Å². The van der Waals surface area contributed by atoms with Crippen LogP contribution in [-0.4, -0.2) is 0 Å². The van der Waals surface area contributed by atoms with Gasteiger partial charge >= 0.3 is 0 Å². The van der Waals surface area contributed by atoms with Gasteiger partial charge in [0.15, 0.2) is 0 Å². The second kappa shape index (κ2) is 5.43. The third-order valence-corrected chi connectivity index (χ3v) is 3.34. The summed E-state index contributed by atoms with van der Waals surface area (Å²) in [6.07, 6.45) is 0. The van der Waals surface area contributed by atoms with Crippen molar-refractivity contribution in [2.24, 2.45) is 0 Å². The molecule has 0 aromatic heterocycles. The van der Waals surface area contributed by atoms with E-state index < -0.39 is 22.8 Å². The molecular formula is C14H9Cl2F3. The van der Waals surface area contributed by atoms with Crippen molar-refractivity contribution in [3.05, 3.63) is 69.5 Å². The highest BCUT2D eigenvalue weighted by Crippen LogP contribution is 2.34. The minimum absolute atomic E-state index is 0.385. The molecule has 0 saturated carbocycles. The van der Waals surface area contributed by atoms with Gasteiger partial charge in [-0.3, -0.25) is 0 Å². The van der Waals surface area contributed by atoms with E-state index in [1.807, 2.05) is 0 Å². The number of alkyl halides is 1. The molecule has 0 amide bonds. The van der Waals surface area contributed by atoms with E-state index in [0.717, 1.165) is 5.56 Å². The maximum Gasteiger partial charge on any atom is 0.134 e. The molecule has 0 radical (unpaired) electrons. The van der Waals surface area contributed by atoms with Crippen LogP contribution in [0.15, 0.2) is 30.3 Å². The molecule has 1 unspecified atom stereocenters. The maximum absolute atomic E-state index is 13.7. The number of benzene rings is 2. The molecule has 1 atom stereocenters. The van der Waals surface area contributed by atoms with E-state index in [0.29, 0.717) is 22.7 Å². The van der Waals surface area contributed by atoms with Crippen molar-refractivity contribution in [1.29, 1.82) is 0 Å². The van der Waals surface area contributed by atoms with Gasteiger partial charge in [0.25, 0.3) is 0 Å². The van der Waals surface area contributed by atoms with Gasteiger partial charge in [-0.1, -0.05) is 17.7 Å². The quantitative estimate of drug-likeness (QED) is 0.652. The van der Waals surface area contributed by atoms with Gasteiger partial charge in [0, 0.05) is 22.7 Å². The molecule has 0 bridgehead atoms. The van der Waals surface area contributed by atoms with Gasteiger partial charge in [0.2, 0.25) is 0 Å². The Hall–Kier alpha value is -1.19. The Kier molecular flexibility index (Phi) is 4.07. The summed E-state index contributed by atoms with van der Waals surface area (Å²) in [6.45, 7) is 1.79. The summed E-state index contributed by atoms with van der Waals surface area (Å²) < 4.78 is 40.2. The number of halogens is 5. The molecule has 5 heteroatoms. The molecule has 0 N–H and O–H groups in total. The highest BCUT2D eigenvalue weighted by Gasteiger charge is 2.21. The Labute approximate surface area is 118 Å². The highest BCUT2D eigenvalue weighted by molar-refractivity contribution is 6.31. The summed E-state index contributed by atoms with van der Waals surface area (Å²) in [5, 5.41) is -0.651. The van der Waals surface area contributed by atoms with Crippen LogP contribution in [0.4, 0.5) is 13.2 Å². The third kappa shape index (κ3) is 3.04. The van der Waals surface area contributed by atoms with E-state index in [9.17, 15) is 13.2 Å². The summed E-state index contributed by atoms with van der Waals surface area (Å²) in [5.41, 5.74) is 0.886. The van der Waals surface area contributed by atoms with Crippen LogP contribution >= 0.6 is 23.2 Å². The Morgan fingerprint density at radius 2 is 1.53 bits per heavy atom. The highest BCUT2D eigenvalue weighted by atomic mass is 35.5. The lowest BCUT2D eigenvalue weighted by atomic mass is 10.0. The Bertz CT molecular complexity index is 583. The second-order valence-corrected chi connectivity index (χ2v) is 5.08. The first-order valence-electron chi connectivity index (χ1n) is 5.44. The van der Waals surface area contributed by atoms with Crippen LogP contribution in [0.2, 0.25) is 5.02 Å². The monoisotopic (exact) mass is 304 g/mol. The van der Waals surface area contributed by atoms with Crippen molar-refractivity contribution < 1.29 is 13.2 Å². The summed E-state index contributed by atoms with van der Waals surface area (Å²) in [5.74, 6) is -3.02. The first-order valence-corrected chi connectivity index (χ1v) is 6.25. The van der Waals surface area contributed by atoms with Crippen molar-refractivity contribution in [2.75, 3.05) is 0 Å². The molecule has 0 aliphatic heterocycles. The fourth-order valence-corrected chi connectivity index (χ4v) is 2.51. The number of hydrogen-bond donors (Lipinski definition) is 0. The van der Waals surface area contributed by atoms with E-state index in [4.69, 9.17) is 23.2 Å². The SMILES string of the molecule is Cc1cc(Cl)cc(C(Cl)c2c(F)cc(F)cc2F)c1. The lowest BCUT2D eigenvalue weighted by Gasteiger charge is -2.13. The zero-order valence-electron chi connectivity index (χ0n) is 9.85. The van der Waals surface area contributed by atoms with Gasteiger partial charge in [-0.05, 0) is 30.2 Å². The van der Waals surface area contributed by atoms with Crippen LogP contribution < -0.4 is 0 Å². The van der Waals surface area contributed by atoms with E-state index >= 15 is 0 Å². The van der Waals surface area contributed by atoms with Gasteiger partial charge in [0.1, 0.15) is 17.5 Å². The van der Waals surface area contributed by atoms with Crippen LogP contribution in [0.5, 0.6) is 0 Å². The fourth-order valence-electron chi connectivity index (χ4n) is 1.87. The average molecular weight is 305 g/mol. The predicted molar refractivity (Wildman–Crippen MR) is 70.2 cm³/mol. The standard InChI is InChI=1S/C14H9Cl2F3/c1-7-2-8(4-9(15)3-7)14(16)13-11(18)5-10(17)6-12(13)19/h2-6,14H,1H3. The normalized spacial score (nSPS) is 12.5. The summed E-state index contributed by atoms with van der Waals surface area (Å²) >= 11 is 12.0. The Balaban J connectivity index is 2.52. The predicted octanol–water partition coefficient (Wildman–Crippen LogP) is 5.39. The maximum atomic E-state index is 13.7. The van der Waals surface area contributed by atoms with Gasteiger partial charge in [-0.2, -0.15) is 0 Å². The lowest BCUT2D eigenvalue weighted by Crippen LogP contribution is -2.02. The molecule has 100 valence electrons. The molecule has 0 fully saturated rings. The third-order valence-electron chi connectivity index (χ3n) is 2.65. The fraction of sp³-hybridized carbons (Fsp3) is 0.143. The summed E-state index contributed by atoms with van der Waals surface area (Å²) in [7, 11) is 0. The molecule has 2 aromatic carbocycles. The molecule has 0 spiro atoms. The number of aryl methyl sites for hydroxylation is 1. The van der Waals surface area contributed by atoms with Crippen LogP contribution in [-0.2, 0) is 0 Å². The molecule has 2 rings (SSSR count). The molecular weight excluding hydrogens is 296 g/mol. The van der Waals surface area contributed by atoms with Crippen molar-refractivity contribution in [3.8, 4) is 0 Å². The van der Waals surface area contributed by atoms with Crippen LogP contribution in [0.3, 0.4) is 0 Å². The minimum atomic E-state index is -1.07. The van der Waals surface area contributed by atoms with Crippen molar-refractivity contribution in [3.63, 3.8) is 0 Å². The Morgan fingerprint density at radius 1 is 0.947 bits per heavy atom. The van der Waals surface area contributed by atoms with Crippen LogP contribution in [0.1, 0.15) is 22.1 Å². The lowest BCUT2D eigenvalue weighted by molar-refractivity contribution is 0.526. The summed E-state index contributed by atoms with van der Waals surface area (Å²) in [4.78, 5) is 0. The molecule has 19 heavy (non-hydrogen) atoms. The zero-order valence-corrected chi connectivity index (χ0v) is 11.4. The molecule has 0 saturated heterocycles. The molecule has 0 aliphatic rings. The topological polar surface area (TPSA) is 0 Å². The van der Waals surface area contributed by atoms with Crippen molar-refractivity contribution in [2.45, 2.75) is 12.3 Å². The van der Waals surface area contributed by atoms with Gasteiger partial charge in [-0.15, -0.1) is 11.6 Å². The van der Waals surface area contributed by atoms with E-state index in [2.05, 4.69) is 0 Å². The van der Waals surface area contributed by atoms with E-state index in [-0.39, 0.29) is 5.56 Å². The Morgan fingerprint density at radius 3 is 2.05 bits per heavy atom. The molecule has 2 aromatic rings. The van der Waals surface area contributed by atoms with Gasteiger partial charge in [-0.25, -0.2) is 13.2 Å². The van der Waals surface area contributed by atoms with Crippen LogP contribution in [0.25, 0.3) is 0 Å². The first kappa shape index (κ1) is 14.2. The van der Waals surface area contributed by atoms with Crippen molar-refractivity contribution in [1.82, 2.24) is 0 Å². The van der Waals surface area contributed by atoms with Crippen LogP contribution in [0, 0.1) is 24.4 Å². The second-order valence-electron chi connectivity index (χ2n) is 4.21. The molecule has 0 nitrogen and oxygen atoms in total. The first-order chi connectivity index (χ1) is 8.88. The molecule has 0 aliphatic carbocycles. The largest absolute Gasteiger partial charge is 0.207 e.